The number of pyridine rings is 2. The van der Waals surface area contributed by atoms with Crippen molar-refractivity contribution < 1.29 is 4.79 Å². The van der Waals surface area contributed by atoms with Crippen molar-refractivity contribution in [2.24, 2.45) is 0 Å². The van der Waals surface area contributed by atoms with Gasteiger partial charge in [0.15, 0.2) is 0 Å². The average Bonchev–Trinajstić information content (AvgIpc) is 2.91. The minimum absolute atomic E-state index is 0.197. The number of anilines is 5. The highest BCUT2D eigenvalue weighted by Crippen LogP contribution is 2.29. The smallest absolute Gasteiger partial charge is 0.256 e. The largest absolute Gasteiger partial charge is 0.355 e. The monoisotopic (exact) mass is 470 g/mol. The first kappa shape index (κ1) is 22.6. The Morgan fingerprint density at radius 1 is 0.806 bits per heavy atom. The van der Waals surface area contributed by atoms with Gasteiger partial charge in [-0.15, -0.1) is 0 Å². The number of benzene rings is 3. The fraction of sp³-hybridized carbons (Fsp3) is 0.0345. The van der Waals surface area contributed by atoms with Crippen LogP contribution in [0.5, 0.6) is 0 Å². The molecular formula is C29H22N6O. The quantitative estimate of drug-likeness (QED) is 0.260. The van der Waals surface area contributed by atoms with Crippen molar-refractivity contribution in [2.45, 2.75) is 6.92 Å². The van der Waals surface area contributed by atoms with Crippen LogP contribution in [0.1, 0.15) is 21.5 Å². The zero-order chi connectivity index (χ0) is 24.9. The molecule has 0 bridgehead atoms. The summed E-state index contributed by atoms with van der Waals surface area (Å²) in [7, 11) is 0. The van der Waals surface area contributed by atoms with Crippen LogP contribution in [0.15, 0.2) is 97.5 Å². The first-order valence-corrected chi connectivity index (χ1v) is 11.3. The number of fused-ring (bicyclic) bond motifs is 1. The second kappa shape index (κ2) is 9.95. The molecule has 0 aliphatic rings. The molecule has 0 spiro atoms. The molecule has 0 radical (unpaired) electrons. The number of carbonyl (C=O) groups excluding carboxylic acids is 1. The summed E-state index contributed by atoms with van der Waals surface area (Å²) >= 11 is 0. The van der Waals surface area contributed by atoms with E-state index in [4.69, 9.17) is 0 Å². The van der Waals surface area contributed by atoms with Crippen LogP contribution in [-0.4, -0.2) is 15.9 Å². The van der Waals surface area contributed by atoms with Crippen LogP contribution in [0.25, 0.3) is 10.9 Å². The van der Waals surface area contributed by atoms with E-state index >= 15 is 0 Å². The zero-order valence-electron chi connectivity index (χ0n) is 19.5. The fourth-order valence-electron chi connectivity index (χ4n) is 3.92. The number of nitriles is 1. The molecule has 3 N–H and O–H groups in total. The van der Waals surface area contributed by atoms with E-state index in [1.807, 2.05) is 73.7 Å². The Bertz CT molecular complexity index is 1590. The molecule has 0 saturated heterocycles. The van der Waals surface area contributed by atoms with E-state index in [0.29, 0.717) is 16.8 Å². The summed E-state index contributed by atoms with van der Waals surface area (Å²) in [4.78, 5) is 21.5. The van der Waals surface area contributed by atoms with Gasteiger partial charge in [0.1, 0.15) is 0 Å². The first-order valence-electron chi connectivity index (χ1n) is 11.3. The Morgan fingerprint density at radius 3 is 2.33 bits per heavy atom. The van der Waals surface area contributed by atoms with Gasteiger partial charge < -0.3 is 16.0 Å². The van der Waals surface area contributed by atoms with Gasteiger partial charge in [0.25, 0.3) is 5.91 Å². The summed E-state index contributed by atoms with van der Waals surface area (Å²) in [5, 5.41) is 19.8. The molecule has 5 rings (SSSR count). The number of hydrogen-bond donors (Lipinski definition) is 3. The van der Waals surface area contributed by atoms with Crippen molar-refractivity contribution in [3.63, 3.8) is 0 Å². The van der Waals surface area contributed by atoms with E-state index in [1.165, 1.54) is 0 Å². The summed E-state index contributed by atoms with van der Waals surface area (Å²) in [5.74, 6) is -0.197. The van der Waals surface area contributed by atoms with Gasteiger partial charge in [0.2, 0.25) is 0 Å². The summed E-state index contributed by atoms with van der Waals surface area (Å²) in [6.07, 6.45) is 5.17. The fourth-order valence-corrected chi connectivity index (χ4v) is 3.92. The van der Waals surface area contributed by atoms with Crippen LogP contribution in [0, 0.1) is 18.3 Å². The highest BCUT2D eigenvalue weighted by atomic mass is 16.1. The molecule has 5 aromatic rings. The number of nitrogens with zero attached hydrogens (tertiary/aromatic N) is 3. The van der Waals surface area contributed by atoms with Crippen LogP contribution < -0.4 is 16.0 Å². The molecule has 2 aromatic heterocycles. The molecule has 2 heterocycles. The van der Waals surface area contributed by atoms with Crippen molar-refractivity contribution in [3.8, 4) is 6.07 Å². The Hall–Kier alpha value is -5.22. The molecule has 3 aromatic carbocycles. The molecule has 0 atom stereocenters. The molecule has 7 nitrogen and oxygen atoms in total. The first-order chi connectivity index (χ1) is 17.6. The van der Waals surface area contributed by atoms with Gasteiger partial charge in [0.05, 0.1) is 17.1 Å². The van der Waals surface area contributed by atoms with Crippen LogP contribution in [0.2, 0.25) is 0 Å². The van der Waals surface area contributed by atoms with Gasteiger partial charge in [-0.3, -0.25) is 14.8 Å². The highest BCUT2D eigenvalue weighted by molar-refractivity contribution is 6.06. The van der Waals surface area contributed by atoms with Crippen LogP contribution in [0.3, 0.4) is 0 Å². The second-order valence-corrected chi connectivity index (χ2v) is 8.20. The van der Waals surface area contributed by atoms with E-state index in [9.17, 15) is 10.1 Å². The Kier molecular flexibility index (Phi) is 6.24. The number of aromatic nitrogens is 2. The third-order valence-electron chi connectivity index (χ3n) is 5.83. The SMILES string of the molecule is Cc1c(Nc2ccnc3ccc(C#N)cc23)cccc1C(=O)Nc1ccc(Nc2ccncc2)cc1. The van der Waals surface area contributed by atoms with Crippen molar-refractivity contribution >= 4 is 45.2 Å². The molecule has 7 heteroatoms. The van der Waals surface area contributed by atoms with E-state index in [1.54, 1.807) is 30.7 Å². The third kappa shape index (κ3) is 4.83. The second-order valence-electron chi connectivity index (χ2n) is 8.20. The number of hydrogen-bond acceptors (Lipinski definition) is 6. The van der Waals surface area contributed by atoms with Gasteiger partial charge in [-0.2, -0.15) is 5.26 Å². The van der Waals surface area contributed by atoms with Crippen molar-refractivity contribution in [1.82, 2.24) is 9.97 Å². The van der Waals surface area contributed by atoms with Crippen molar-refractivity contribution in [3.05, 3.63) is 114 Å². The predicted molar refractivity (Wildman–Crippen MR) is 143 cm³/mol. The average molecular weight is 471 g/mol. The van der Waals surface area contributed by atoms with E-state index < -0.39 is 0 Å². The minimum atomic E-state index is -0.197. The topological polar surface area (TPSA) is 103 Å². The van der Waals surface area contributed by atoms with Gasteiger partial charge in [-0.1, -0.05) is 6.07 Å². The van der Waals surface area contributed by atoms with Gasteiger partial charge in [-0.05, 0) is 85.3 Å². The molecule has 0 aliphatic carbocycles. The molecule has 0 fully saturated rings. The van der Waals surface area contributed by atoms with E-state index in [-0.39, 0.29) is 5.91 Å². The Morgan fingerprint density at radius 2 is 1.56 bits per heavy atom. The van der Waals surface area contributed by atoms with Gasteiger partial charge >= 0.3 is 0 Å². The zero-order valence-corrected chi connectivity index (χ0v) is 19.5. The third-order valence-corrected chi connectivity index (χ3v) is 5.83. The maximum Gasteiger partial charge on any atom is 0.256 e. The van der Waals surface area contributed by atoms with Gasteiger partial charge in [0, 0.05) is 58.0 Å². The molecule has 0 unspecified atom stereocenters. The molecule has 1 amide bonds. The highest BCUT2D eigenvalue weighted by Gasteiger charge is 2.13. The summed E-state index contributed by atoms with van der Waals surface area (Å²) in [5.41, 5.74) is 6.88. The number of rotatable bonds is 6. The number of carbonyl (C=O) groups is 1. The standard InChI is InChI=1S/C29H22N6O/c1-19-24(29(36)34-22-8-6-21(7-9-22)33-23-11-14-31-15-12-23)3-2-4-26(19)35-28-13-16-32-27-10-5-20(18-30)17-25(27)28/h2-17H,1H3,(H,31,33)(H,32,35)(H,34,36). The molecule has 0 saturated carbocycles. The van der Waals surface area contributed by atoms with Gasteiger partial charge in [-0.25, -0.2) is 0 Å². The Labute approximate surface area is 208 Å². The predicted octanol–water partition coefficient (Wildman–Crippen LogP) is 6.55. The Balaban J connectivity index is 1.34. The molecule has 174 valence electrons. The number of nitrogens with one attached hydrogen (secondary N) is 3. The lowest BCUT2D eigenvalue weighted by atomic mass is 10.0. The van der Waals surface area contributed by atoms with Crippen molar-refractivity contribution in [1.29, 1.82) is 5.26 Å². The lowest BCUT2D eigenvalue weighted by Gasteiger charge is -2.15. The lowest BCUT2D eigenvalue weighted by molar-refractivity contribution is 0.102. The maximum atomic E-state index is 13.1. The van der Waals surface area contributed by atoms with Crippen LogP contribution in [-0.2, 0) is 0 Å². The van der Waals surface area contributed by atoms with Crippen LogP contribution in [0.4, 0.5) is 28.4 Å². The number of amides is 1. The summed E-state index contributed by atoms with van der Waals surface area (Å²) in [6.45, 7) is 1.91. The molecule has 36 heavy (non-hydrogen) atoms. The molecular weight excluding hydrogens is 448 g/mol. The summed E-state index contributed by atoms with van der Waals surface area (Å²) in [6, 6.07) is 26.3. The van der Waals surface area contributed by atoms with Crippen molar-refractivity contribution in [2.75, 3.05) is 16.0 Å². The van der Waals surface area contributed by atoms with E-state index in [0.717, 1.165) is 39.2 Å². The lowest BCUT2D eigenvalue weighted by Crippen LogP contribution is -2.14. The summed E-state index contributed by atoms with van der Waals surface area (Å²) < 4.78 is 0. The minimum Gasteiger partial charge on any atom is -0.355 e. The molecule has 0 aliphatic heterocycles. The normalized spacial score (nSPS) is 10.4. The maximum absolute atomic E-state index is 13.1. The van der Waals surface area contributed by atoms with Crippen LogP contribution >= 0.6 is 0 Å². The van der Waals surface area contributed by atoms with E-state index in [2.05, 4.69) is 32.0 Å².